The maximum atomic E-state index is 12.9. The number of amides is 2. The van der Waals surface area contributed by atoms with Gasteiger partial charge in [-0.15, -0.1) is 0 Å². The van der Waals surface area contributed by atoms with Crippen molar-refractivity contribution < 1.29 is 14.7 Å². The Morgan fingerprint density at radius 1 is 1.03 bits per heavy atom. The molecule has 2 heterocycles. The molecule has 0 spiro atoms. The van der Waals surface area contributed by atoms with Crippen LogP contribution in [0.2, 0.25) is 0 Å². The van der Waals surface area contributed by atoms with Crippen LogP contribution in [0.3, 0.4) is 0 Å². The molecular formula is C23H27N3O3. The molecule has 2 fully saturated rings. The van der Waals surface area contributed by atoms with Crippen LogP contribution in [0.25, 0.3) is 0 Å². The van der Waals surface area contributed by atoms with E-state index in [0.29, 0.717) is 38.3 Å². The van der Waals surface area contributed by atoms with Crippen molar-refractivity contribution in [2.75, 3.05) is 18.4 Å². The monoisotopic (exact) mass is 393 g/mol. The summed E-state index contributed by atoms with van der Waals surface area (Å²) in [5, 5.41) is 12.5. The summed E-state index contributed by atoms with van der Waals surface area (Å²) in [7, 11) is 0. The number of nitrogens with one attached hydrogen (secondary N) is 1. The SMILES string of the molecule is O=C(Nc1ccncc1)C1CCN(C(=O)CC(c2ccc(O)cc2)C2CC2)CC1. The van der Waals surface area contributed by atoms with Crippen molar-refractivity contribution in [3.8, 4) is 5.75 Å². The van der Waals surface area contributed by atoms with Gasteiger partial charge in [-0.25, -0.2) is 0 Å². The number of carbonyl (C=O) groups is 2. The minimum absolute atomic E-state index is 0.0169. The van der Waals surface area contributed by atoms with Gasteiger partial charge in [-0.1, -0.05) is 12.1 Å². The summed E-state index contributed by atoms with van der Waals surface area (Å²) >= 11 is 0. The van der Waals surface area contributed by atoms with Gasteiger partial charge in [-0.3, -0.25) is 14.6 Å². The Balaban J connectivity index is 1.30. The van der Waals surface area contributed by atoms with Gasteiger partial charge in [0.05, 0.1) is 0 Å². The minimum atomic E-state index is -0.0662. The Bertz CT molecular complexity index is 841. The third-order valence-corrected chi connectivity index (χ3v) is 6.07. The topological polar surface area (TPSA) is 82.5 Å². The molecule has 2 aromatic rings. The number of anilines is 1. The fourth-order valence-corrected chi connectivity index (χ4v) is 4.16. The molecule has 1 aliphatic carbocycles. The van der Waals surface area contributed by atoms with E-state index in [2.05, 4.69) is 10.3 Å². The first kappa shape index (κ1) is 19.4. The molecule has 6 nitrogen and oxygen atoms in total. The number of phenolic OH excluding ortho intramolecular Hbond substituents is 1. The van der Waals surface area contributed by atoms with E-state index in [1.807, 2.05) is 17.0 Å². The molecule has 1 aliphatic heterocycles. The molecule has 2 N–H and O–H groups in total. The largest absolute Gasteiger partial charge is 0.508 e. The van der Waals surface area contributed by atoms with Gasteiger partial charge >= 0.3 is 0 Å². The standard InChI is InChI=1S/C23H27N3O3/c27-20-5-3-17(4-6-20)21(16-1-2-16)15-22(28)26-13-9-18(10-14-26)23(29)25-19-7-11-24-12-8-19/h3-8,11-12,16,18,21,27H,1-2,9-10,13-15H2,(H,24,25,29). The second-order valence-corrected chi connectivity index (χ2v) is 8.12. The van der Waals surface area contributed by atoms with Gasteiger partial charge in [-0.2, -0.15) is 0 Å². The van der Waals surface area contributed by atoms with Crippen molar-refractivity contribution in [1.29, 1.82) is 0 Å². The van der Waals surface area contributed by atoms with E-state index >= 15 is 0 Å². The van der Waals surface area contributed by atoms with Crippen LogP contribution in [-0.4, -0.2) is 39.9 Å². The van der Waals surface area contributed by atoms with Crippen LogP contribution in [0.5, 0.6) is 5.75 Å². The number of nitrogens with zero attached hydrogens (tertiary/aromatic N) is 2. The number of likely N-dealkylation sites (tertiary alicyclic amines) is 1. The molecule has 1 saturated carbocycles. The summed E-state index contributed by atoms with van der Waals surface area (Å²) in [4.78, 5) is 31.3. The van der Waals surface area contributed by atoms with E-state index in [4.69, 9.17) is 0 Å². The lowest BCUT2D eigenvalue weighted by molar-refractivity contribution is -0.135. The van der Waals surface area contributed by atoms with E-state index in [0.717, 1.165) is 24.1 Å². The van der Waals surface area contributed by atoms with Crippen LogP contribution >= 0.6 is 0 Å². The molecule has 2 amide bonds. The second kappa shape index (κ2) is 8.64. The Hall–Kier alpha value is -2.89. The van der Waals surface area contributed by atoms with Crippen LogP contribution in [-0.2, 0) is 9.59 Å². The molecule has 2 aliphatic rings. The van der Waals surface area contributed by atoms with E-state index in [-0.39, 0.29) is 29.4 Å². The molecule has 1 aromatic carbocycles. The molecule has 1 aromatic heterocycles. The Morgan fingerprint density at radius 2 is 1.69 bits per heavy atom. The van der Waals surface area contributed by atoms with Crippen LogP contribution in [0.15, 0.2) is 48.8 Å². The first-order chi connectivity index (χ1) is 14.1. The first-order valence-electron chi connectivity index (χ1n) is 10.4. The molecule has 6 heteroatoms. The fourth-order valence-electron chi connectivity index (χ4n) is 4.16. The van der Waals surface area contributed by atoms with Gasteiger partial charge in [0.15, 0.2) is 0 Å². The lowest BCUT2D eigenvalue weighted by Gasteiger charge is -2.32. The average molecular weight is 393 g/mol. The molecule has 0 radical (unpaired) electrons. The zero-order chi connectivity index (χ0) is 20.2. The van der Waals surface area contributed by atoms with Crippen molar-refractivity contribution in [2.45, 2.75) is 38.0 Å². The minimum Gasteiger partial charge on any atom is -0.508 e. The van der Waals surface area contributed by atoms with Crippen molar-refractivity contribution >= 4 is 17.5 Å². The number of phenols is 1. The molecule has 29 heavy (non-hydrogen) atoms. The lowest BCUT2D eigenvalue weighted by Crippen LogP contribution is -2.42. The maximum absolute atomic E-state index is 12.9. The molecule has 1 unspecified atom stereocenters. The van der Waals surface area contributed by atoms with Crippen LogP contribution in [0, 0.1) is 11.8 Å². The quantitative estimate of drug-likeness (QED) is 0.786. The number of aromatic hydroxyl groups is 1. The number of benzene rings is 1. The van der Waals surface area contributed by atoms with Gasteiger partial charge in [0.1, 0.15) is 5.75 Å². The summed E-state index contributed by atoms with van der Waals surface area (Å²) in [6.45, 7) is 1.25. The number of aromatic nitrogens is 1. The summed E-state index contributed by atoms with van der Waals surface area (Å²) in [5.41, 5.74) is 1.88. The molecule has 1 atom stereocenters. The van der Waals surface area contributed by atoms with Gasteiger partial charge in [0, 0.05) is 43.5 Å². The van der Waals surface area contributed by atoms with E-state index in [1.54, 1.807) is 36.7 Å². The number of carbonyl (C=O) groups excluding carboxylic acids is 2. The number of rotatable bonds is 6. The highest BCUT2D eigenvalue weighted by molar-refractivity contribution is 5.92. The predicted octanol–water partition coefficient (Wildman–Crippen LogP) is 3.55. The first-order valence-corrected chi connectivity index (χ1v) is 10.4. The second-order valence-electron chi connectivity index (χ2n) is 8.12. The van der Waals surface area contributed by atoms with E-state index in [9.17, 15) is 14.7 Å². The highest BCUT2D eigenvalue weighted by Gasteiger charge is 2.35. The summed E-state index contributed by atoms with van der Waals surface area (Å²) in [6, 6.07) is 10.8. The Kier molecular flexibility index (Phi) is 5.79. The number of pyridine rings is 1. The van der Waals surface area contributed by atoms with Crippen LogP contribution < -0.4 is 5.32 Å². The van der Waals surface area contributed by atoms with E-state index < -0.39 is 0 Å². The van der Waals surface area contributed by atoms with Crippen LogP contribution in [0.4, 0.5) is 5.69 Å². The molecule has 1 saturated heterocycles. The van der Waals surface area contributed by atoms with Crippen molar-refractivity contribution in [1.82, 2.24) is 9.88 Å². The van der Waals surface area contributed by atoms with Gasteiger partial charge < -0.3 is 15.3 Å². The number of hydrogen-bond donors (Lipinski definition) is 2. The number of piperidine rings is 1. The third-order valence-electron chi connectivity index (χ3n) is 6.07. The summed E-state index contributed by atoms with van der Waals surface area (Å²) < 4.78 is 0. The molecule has 0 bridgehead atoms. The zero-order valence-corrected chi connectivity index (χ0v) is 16.5. The Morgan fingerprint density at radius 3 is 2.31 bits per heavy atom. The molecular weight excluding hydrogens is 366 g/mol. The van der Waals surface area contributed by atoms with Crippen molar-refractivity contribution in [2.24, 2.45) is 11.8 Å². The fraction of sp³-hybridized carbons (Fsp3) is 0.435. The van der Waals surface area contributed by atoms with Crippen LogP contribution in [0.1, 0.15) is 43.6 Å². The zero-order valence-electron chi connectivity index (χ0n) is 16.5. The summed E-state index contributed by atoms with van der Waals surface area (Å²) in [6.07, 6.45) is 7.52. The lowest BCUT2D eigenvalue weighted by atomic mass is 9.89. The third kappa shape index (κ3) is 4.94. The van der Waals surface area contributed by atoms with Gasteiger partial charge in [0.2, 0.25) is 11.8 Å². The van der Waals surface area contributed by atoms with Crippen molar-refractivity contribution in [3.63, 3.8) is 0 Å². The molecule has 4 rings (SSSR count). The Labute approximate surface area is 171 Å². The maximum Gasteiger partial charge on any atom is 0.227 e. The normalized spacial score (nSPS) is 18.3. The highest BCUT2D eigenvalue weighted by Crippen LogP contribution is 2.45. The van der Waals surface area contributed by atoms with Gasteiger partial charge in [0.25, 0.3) is 0 Å². The average Bonchev–Trinajstić information content (AvgIpc) is 3.59. The smallest absolute Gasteiger partial charge is 0.227 e. The highest BCUT2D eigenvalue weighted by atomic mass is 16.3. The van der Waals surface area contributed by atoms with Gasteiger partial charge in [-0.05, 0) is 67.3 Å². The van der Waals surface area contributed by atoms with Crippen molar-refractivity contribution in [3.05, 3.63) is 54.4 Å². The predicted molar refractivity (Wildman–Crippen MR) is 110 cm³/mol. The molecule has 152 valence electrons. The van der Waals surface area contributed by atoms with E-state index in [1.165, 1.54) is 0 Å². The summed E-state index contributed by atoms with van der Waals surface area (Å²) in [5.74, 6) is 1.15. The number of hydrogen-bond acceptors (Lipinski definition) is 4.